The number of nitrogens with one attached hydrogen (secondary N) is 1. The largest absolute Gasteiger partial charge is 0.330 e. The standard InChI is InChI=1S/C17H24N4O/c1-2-10-21-15-9-4-3-8-14(15)19-17(21)20-16(22)13-7-5-6-12(13)11-18/h3-4,8-9,12-13H,2,5-7,10-11,18H2,1H3,(H,19,20,22)/t12-,13-/m1/s1. The Kier molecular flexibility index (Phi) is 4.43. The first kappa shape index (κ1) is 15.0. The van der Waals surface area contributed by atoms with Crippen LogP contribution in [-0.2, 0) is 11.3 Å². The van der Waals surface area contributed by atoms with E-state index in [0.717, 1.165) is 43.3 Å². The number of anilines is 1. The van der Waals surface area contributed by atoms with E-state index in [9.17, 15) is 4.79 Å². The summed E-state index contributed by atoms with van der Waals surface area (Å²) < 4.78 is 2.10. The maximum atomic E-state index is 12.6. The van der Waals surface area contributed by atoms with Crippen LogP contribution in [0.4, 0.5) is 5.95 Å². The summed E-state index contributed by atoms with van der Waals surface area (Å²) in [6.45, 7) is 3.56. The summed E-state index contributed by atoms with van der Waals surface area (Å²) in [6.07, 6.45) is 4.07. The van der Waals surface area contributed by atoms with Crippen LogP contribution in [0.2, 0.25) is 0 Å². The number of aromatic nitrogens is 2. The van der Waals surface area contributed by atoms with Crippen LogP contribution >= 0.6 is 0 Å². The second-order valence-electron chi connectivity index (χ2n) is 6.10. The van der Waals surface area contributed by atoms with Gasteiger partial charge in [0.2, 0.25) is 11.9 Å². The molecule has 1 aliphatic rings. The number of hydrogen-bond donors (Lipinski definition) is 2. The molecule has 0 aliphatic heterocycles. The van der Waals surface area contributed by atoms with Gasteiger partial charge in [0.1, 0.15) is 0 Å². The lowest BCUT2D eigenvalue weighted by Crippen LogP contribution is -2.30. The molecule has 0 unspecified atom stereocenters. The molecule has 0 bridgehead atoms. The fraction of sp³-hybridized carbons (Fsp3) is 0.529. The molecule has 3 rings (SSSR count). The number of nitrogens with two attached hydrogens (primary N) is 1. The maximum absolute atomic E-state index is 12.6. The van der Waals surface area contributed by atoms with Gasteiger partial charge in [0.15, 0.2) is 0 Å². The van der Waals surface area contributed by atoms with E-state index in [0.29, 0.717) is 18.4 Å². The Morgan fingerprint density at radius 3 is 3.00 bits per heavy atom. The lowest BCUT2D eigenvalue weighted by atomic mass is 9.95. The summed E-state index contributed by atoms with van der Waals surface area (Å²) in [7, 11) is 0. The molecule has 3 N–H and O–H groups in total. The minimum absolute atomic E-state index is 0.0277. The third-order valence-corrected chi connectivity index (χ3v) is 4.64. The Morgan fingerprint density at radius 2 is 2.23 bits per heavy atom. The maximum Gasteiger partial charge on any atom is 0.230 e. The summed E-state index contributed by atoms with van der Waals surface area (Å²) >= 11 is 0. The molecule has 1 aromatic heterocycles. The molecule has 1 fully saturated rings. The molecule has 1 aromatic carbocycles. The van der Waals surface area contributed by atoms with E-state index < -0.39 is 0 Å². The highest BCUT2D eigenvalue weighted by Crippen LogP contribution is 2.32. The average molecular weight is 300 g/mol. The van der Waals surface area contributed by atoms with Crippen molar-refractivity contribution in [3.63, 3.8) is 0 Å². The number of para-hydroxylation sites is 2. The van der Waals surface area contributed by atoms with Gasteiger partial charge in [-0.1, -0.05) is 25.5 Å². The van der Waals surface area contributed by atoms with Crippen LogP contribution in [0.3, 0.4) is 0 Å². The molecule has 5 heteroatoms. The Morgan fingerprint density at radius 1 is 1.41 bits per heavy atom. The zero-order valence-electron chi connectivity index (χ0n) is 13.1. The van der Waals surface area contributed by atoms with Crippen LogP contribution in [0.25, 0.3) is 11.0 Å². The minimum Gasteiger partial charge on any atom is -0.330 e. The number of aryl methyl sites for hydroxylation is 1. The molecule has 1 saturated carbocycles. The molecule has 5 nitrogen and oxygen atoms in total. The molecule has 1 amide bonds. The Hall–Kier alpha value is -1.88. The van der Waals surface area contributed by atoms with Crippen LogP contribution in [0.5, 0.6) is 0 Å². The quantitative estimate of drug-likeness (QED) is 0.891. The molecule has 22 heavy (non-hydrogen) atoms. The van der Waals surface area contributed by atoms with Crippen molar-refractivity contribution in [3.05, 3.63) is 24.3 Å². The van der Waals surface area contributed by atoms with Crippen LogP contribution in [0, 0.1) is 11.8 Å². The van der Waals surface area contributed by atoms with Gasteiger partial charge >= 0.3 is 0 Å². The zero-order valence-corrected chi connectivity index (χ0v) is 13.1. The van der Waals surface area contributed by atoms with E-state index in [-0.39, 0.29) is 11.8 Å². The number of nitrogens with zero attached hydrogens (tertiary/aromatic N) is 2. The first-order valence-electron chi connectivity index (χ1n) is 8.20. The average Bonchev–Trinajstić information content (AvgIpc) is 3.13. The molecule has 1 aliphatic carbocycles. The highest BCUT2D eigenvalue weighted by molar-refractivity contribution is 5.93. The molecule has 2 atom stereocenters. The van der Waals surface area contributed by atoms with Crippen molar-refractivity contribution in [3.8, 4) is 0 Å². The summed E-state index contributed by atoms with van der Waals surface area (Å²) in [5.41, 5.74) is 7.79. The molecule has 0 radical (unpaired) electrons. The second-order valence-corrected chi connectivity index (χ2v) is 6.10. The predicted octanol–water partition coefficient (Wildman–Crippen LogP) is 2.76. The van der Waals surface area contributed by atoms with Crippen molar-refractivity contribution >= 4 is 22.9 Å². The fourth-order valence-electron chi connectivity index (χ4n) is 3.49. The number of carbonyl (C=O) groups excluding carboxylic acids is 1. The highest BCUT2D eigenvalue weighted by atomic mass is 16.2. The number of fused-ring (bicyclic) bond motifs is 1. The predicted molar refractivity (Wildman–Crippen MR) is 88.5 cm³/mol. The van der Waals surface area contributed by atoms with Gasteiger partial charge in [-0.2, -0.15) is 0 Å². The van der Waals surface area contributed by atoms with E-state index in [1.54, 1.807) is 0 Å². The topological polar surface area (TPSA) is 72.9 Å². The first-order chi connectivity index (χ1) is 10.7. The van der Waals surface area contributed by atoms with Gasteiger partial charge in [0, 0.05) is 12.5 Å². The van der Waals surface area contributed by atoms with Crippen LogP contribution < -0.4 is 11.1 Å². The van der Waals surface area contributed by atoms with E-state index in [2.05, 4.69) is 21.8 Å². The van der Waals surface area contributed by atoms with Gasteiger partial charge in [-0.15, -0.1) is 0 Å². The van der Waals surface area contributed by atoms with Gasteiger partial charge in [-0.05, 0) is 43.9 Å². The minimum atomic E-state index is 0.0277. The number of amides is 1. The Balaban J connectivity index is 1.86. The fourth-order valence-corrected chi connectivity index (χ4v) is 3.49. The van der Waals surface area contributed by atoms with Crippen molar-refractivity contribution in [1.82, 2.24) is 9.55 Å². The number of imidazole rings is 1. The molecular formula is C17H24N4O. The third kappa shape index (κ3) is 2.73. The van der Waals surface area contributed by atoms with Crippen molar-refractivity contribution < 1.29 is 4.79 Å². The first-order valence-corrected chi connectivity index (χ1v) is 8.20. The van der Waals surface area contributed by atoms with Crippen molar-refractivity contribution in [2.24, 2.45) is 17.6 Å². The number of rotatable bonds is 5. The van der Waals surface area contributed by atoms with Gasteiger partial charge < -0.3 is 10.3 Å². The van der Waals surface area contributed by atoms with Crippen molar-refractivity contribution in [2.75, 3.05) is 11.9 Å². The number of benzene rings is 1. The van der Waals surface area contributed by atoms with Crippen molar-refractivity contribution in [2.45, 2.75) is 39.2 Å². The molecule has 118 valence electrons. The SMILES string of the molecule is CCCn1c(NC(=O)[C@@H]2CCC[C@@H]2CN)nc2ccccc21. The summed E-state index contributed by atoms with van der Waals surface area (Å²) in [5.74, 6) is 1.07. The summed E-state index contributed by atoms with van der Waals surface area (Å²) in [4.78, 5) is 17.2. The molecule has 2 aromatic rings. The molecule has 0 spiro atoms. The summed E-state index contributed by atoms with van der Waals surface area (Å²) in [5, 5.41) is 3.05. The molecular weight excluding hydrogens is 276 g/mol. The lowest BCUT2D eigenvalue weighted by molar-refractivity contribution is -0.120. The Bertz CT molecular complexity index is 664. The van der Waals surface area contributed by atoms with Gasteiger partial charge in [-0.25, -0.2) is 4.98 Å². The van der Waals surface area contributed by atoms with E-state index in [1.807, 2.05) is 24.3 Å². The van der Waals surface area contributed by atoms with E-state index in [4.69, 9.17) is 5.73 Å². The van der Waals surface area contributed by atoms with E-state index >= 15 is 0 Å². The van der Waals surface area contributed by atoms with Gasteiger partial charge in [0.25, 0.3) is 0 Å². The smallest absolute Gasteiger partial charge is 0.230 e. The van der Waals surface area contributed by atoms with Crippen LogP contribution in [0.1, 0.15) is 32.6 Å². The van der Waals surface area contributed by atoms with Gasteiger partial charge in [0.05, 0.1) is 11.0 Å². The monoisotopic (exact) mass is 300 g/mol. The lowest BCUT2D eigenvalue weighted by Gasteiger charge is -2.17. The second kappa shape index (κ2) is 6.48. The number of hydrogen-bond acceptors (Lipinski definition) is 3. The van der Waals surface area contributed by atoms with Crippen molar-refractivity contribution in [1.29, 1.82) is 0 Å². The molecule has 1 heterocycles. The third-order valence-electron chi connectivity index (χ3n) is 4.64. The Labute approximate surface area is 130 Å². The normalized spacial score (nSPS) is 21.4. The van der Waals surface area contributed by atoms with Crippen LogP contribution in [0.15, 0.2) is 24.3 Å². The van der Waals surface area contributed by atoms with Gasteiger partial charge in [-0.3, -0.25) is 10.1 Å². The highest BCUT2D eigenvalue weighted by Gasteiger charge is 2.32. The van der Waals surface area contributed by atoms with E-state index in [1.165, 1.54) is 0 Å². The number of carbonyl (C=O) groups is 1. The summed E-state index contributed by atoms with van der Waals surface area (Å²) in [6, 6.07) is 8.00. The zero-order chi connectivity index (χ0) is 15.5. The van der Waals surface area contributed by atoms with Crippen LogP contribution in [-0.4, -0.2) is 22.0 Å². The molecule has 0 saturated heterocycles.